The number of hydrogen-bond acceptors (Lipinski definition) is 1. The quantitative estimate of drug-likeness (QED) is 0.869. The van der Waals surface area contributed by atoms with Crippen LogP contribution < -0.4 is 0 Å². The number of aliphatic hydroxyl groups excluding tert-OH is 1. The fourth-order valence-corrected chi connectivity index (χ4v) is 2.01. The van der Waals surface area contributed by atoms with Crippen molar-refractivity contribution in [3.05, 3.63) is 33.8 Å². The molecule has 0 radical (unpaired) electrons. The molecule has 1 nitrogen and oxygen atoms in total. The Morgan fingerprint density at radius 3 is 2.53 bits per heavy atom. The van der Waals surface area contributed by atoms with Crippen LogP contribution in [0.2, 0.25) is 0 Å². The fraction of sp³-hybridized carbons (Fsp3) is 0.538. The Labute approximate surface area is 101 Å². The van der Waals surface area contributed by atoms with Crippen molar-refractivity contribution < 1.29 is 5.11 Å². The van der Waals surface area contributed by atoms with Gasteiger partial charge >= 0.3 is 0 Å². The molecule has 1 aromatic rings. The monoisotopic (exact) mass is 270 g/mol. The summed E-state index contributed by atoms with van der Waals surface area (Å²) < 4.78 is 1.07. The molecule has 0 aliphatic rings. The van der Waals surface area contributed by atoms with Crippen LogP contribution in [-0.4, -0.2) is 5.11 Å². The zero-order valence-electron chi connectivity index (χ0n) is 9.63. The van der Waals surface area contributed by atoms with Gasteiger partial charge in [-0.05, 0) is 42.9 Å². The minimum atomic E-state index is -0.329. The van der Waals surface area contributed by atoms with Crippen molar-refractivity contribution in [2.45, 2.75) is 39.7 Å². The molecule has 1 N–H and O–H groups in total. The largest absolute Gasteiger partial charge is 0.388 e. The highest BCUT2D eigenvalue weighted by atomic mass is 79.9. The van der Waals surface area contributed by atoms with Gasteiger partial charge in [-0.25, -0.2) is 0 Å². The standard InChI is InChI=1S/C13H19BrO/c1-9(2)7-8-13(15)11-5-4-6-12(14)10(11)3/h4-6,9,13,15H,7-8H2,1-3H3. The van der Waals surface area contributed by atoms with Gasteiger partial charge < -0.3 is 5.11 Å². The third-order valence-electron chi connectivity index (χ3n) is 2.69. The molecule has 1 rings (SSSR count). The highest BCUT2D eigenvalue weighted by Gasteiger charge is 2.12. The zero-order valence-corrected chi connectivity index (χ0v) is 11.2. The van der Waals surface area contributed by atoms with Gasteiger partial charge in [-0.2, -0.15) is 0 Å². The number of rotatable bonds is 4. The number of benzene rings is 1. The van der Waals surface area contributed by atoms with Crippen LogP contribution in [0.4, 0.5) is 0 Å². The maximum absolute atomic E-state index is 10.1. The van der Waals surface area contributed by atoms with Crippen LogP contribution in [0, 0.1) is 12.8 Å². The summed E-state index contributed by atoms with van der Waals surface area (Å²) in [5.74, 6) is 0.645. The summed E-state index contributed by atoms with van der Waals surface area (Å²) >= 11 is 3.48. The summed E-state index contributed by atoms with van der Waals surface area (Å²) in [6.07, 6.45) is 1.58. The molecule has 15 heavy (non-hydrogen) atoms. The summed E-state index contributed by atoms with van der Waals surface area (Å²) in [5.41, 5.74) is 2.19. The molecule has 2 heteroatoms. The second-order valence-corrected chi connectivity index (χ2v) is 5.30. The summed E-state index contributed by atoms with van der Waals surface area (Å²) in [6.45, 7) is 6.40. The van der Waals surface area contributed by atoms with Gasteiger partial charge in [0.15, 0.2) is 0 Å². The second kappa shape index (κ2) is 5.66. The zero-order chi connectivity index (χ0) is 11.4. The van der Waals surface area contributed by atoms with E-state index >= 15 is 0 Å². The van der Waals surface area contributed by atoms with E-state index < -0.39 is 0 Å². The molecule has 0 aliphatic heterocycles. The minimum absolute atomic E-state index is 0.329. The molecular formula is C13H19BrO. The van der Waals surface area contributed by atoms with Crippen LogP contribution in [0.5, 0.6) is 0 Å². The van der Waals surface area contributed by atoms with Crippen LogP contribution in [0.15, 0.2) is 22.7 Å². The highest BCUT2D eigenvalue weighted by molar-refractivity contribution is 9.10. The van der Waals surface area contributed by atoms with Crippen LogP contribution in [0.3, 0.4) is 0 Å². The molecule has 0 fully saturated rings. The molecular weight excluding hydrogens is 252 g/mol. The third kappa shape index (κ3) is 3.62. The average Bonchev–Trinajstić information content (AvgIpc) is 2.18. The molecule has 0 spiro atoms. The summed E-state index contributed by atoms with van der Waals surface area (Å²) in [5, 5.41) is 10.1. The minimum Gasteiger partial charge on any atom is -0.388 e. The Balaban J connectivity index is 2.73. The number of hydrogen-bond donors (Lipinski definition) is 1. The number of halogens is 1. The molecule has 0 aromatic heterocycles. The second-order valence-electron chi connectivity index (χ2n) is 4.44. The van der Waals surface area contributed by atoms with E-state index in [-0.39, 0.29) is 6.10 Å². The first-order valence-corrected chi connectivity index (χ1v) is 6.24. The maximum atomic E-state index is 10.1. The van der Waals surface area contributed by atoms with E-state index in [4.69, 9.17) is 0 Å². The van der Waals surface area contributed by atoms with Crippen molar-refractivity contribution >= 4 is 15.9 Å². The van der Waals surface area contributed by atoms with Gasteiger partial charge in [0.05, 0.1) is 6.10 Å². The van der Waals surface area contributed by atoms with E-state index in [1.807, 2.05) is 25.1 Å². The molecule has 1 aromatic carbocycles. The lowest BCUT2D eigenvalue weighted by Gasteiger charge is -2.15. The lowest BCUT2D eigenvalue weighted by Crippen LogP contribution is -2.02. The highest BCUT2D eigenvalue weighted by Crippen LogP contribution is 2.27. The topological polar surface area (TPSA) is 20.2 Å². The molecule has 0 bridgehead atoms. The van der Waals surface area contributed by atoms with E-state index in [1.54, 1.807) is 0 Å². The Hall–Kier alpha value is -0.340. The summed E-state index contributed by atoms with van der Waals surface area (Å²) in [6, 6.07) is 5.99. The van der Waals surface area contributed by atoms with Crippen LogP contribution in [-0.2, 0) is 0 Å². The van der Waals surface area contributed by atoms with Crippen molar-refractivity contribution in [3.63, 3.8) is 0 Å². The van der Waals surface area contributed by atoms with Gasteiger partial charge in [-0.1, -0.05) is 41.9 Å². The third-order valence-corrected chi connectivity index (χ3v) is 3.55. The van der Waals surface area contributed by atoms with Gasteiger partial charge in [0, 0.05) is 4.47 Å². The Bertz CT molecular complexity index is 320. The van der Waals surface area contributed by atoms with Gasteiger partial charge in [0.25, 0.3) is 0 Å². The molecule has 0 saturated carbocycles. The van der Waals surface area contributed by atoms with Crippen molar-refractivity contribution in [3.8, 4) is 0 Å². The first-order valence-electron chi connectivity index (χ1n) is 5.45. The molecule has 0 heterocycles. The Morgan fingerprint density at radius 1 is 1.27 bits per heavy atom. The summed E-state index contributed by atoms with van der Waals surface area (Å²) in [7, 11) is 0. The predicted octanol–water partition coefficient (Wildman–Crippen LogP) is 4.23. The van der Waals surface area contributed by atoms with Crippen molar-refractivity contribution in [2.75, 3.05) is 0 Å². The molecule has 84 valence electrons. The van der Waals surface area contributed by atoms with Gasteiger partial charge in [-0.15, -0.1) is 0 Å². The van der Waals surface area contributed by atoms with E-state index in [1.165, 1.54) is 0 Å². The van der Waals surface area contributed by atoms with Gasteiger partial charge in [0.1, 0.15) is 0 Å². The number of aliphatic hydroxyl groups is 1. The molecule has 1 unspecified atom stereocenters. The van der Waals surface area contributed by atoms with Crippen LogP contribution >= 0.6 is 15.9 Å². The fourth-order valence-electron chi connectivity index (χ4n) is 1.63. The summed E-state index contributed by atoms with van der Waals surface area (Å²) in [4.78, 5) is 0. The predicted molar refractivity (Wildman–Crippen MR) is 67.9 cm³/mol. The van der Waals surface area contributed by atoms with Gasteiger partial charge in [0.2, 0.25) is 0 Å². The van der Waals surface area contributed by atoms with E-state index in [2.05, 4.69) is 29.8 Å². The van der Waals surface area contributed by atoms with Gasteiger partial charge in [-0.3, -0.25) is 0 Å². The normalized spacial score (nSPS) is 13.2. The SMILES string of the molecule is Cc1c(Br)cccc1C(O)CCC(C)C. The molecule has 0 amide bonds. The lowest BCUT2D eigenvalue weighted by molar-refractivity contribution is 0.158. The molecule has 1 atom stereocenters. The van der Waals surface area contributed by atoms with E-state index in [0.717, 1.165) is 28.4 Å². The van der Waals surface area contributed by atoms with Crippen molar-refractivity contribution in [1.29, 1.82) is 0 Å². The van der Waals surface area contributed by atoms with E-state index in [0.29, 0.717) is 5.92 Å². The molecule has 0 saturated heterocycles. The lowest BCUT2D eigenvalue weighted by atomic mass is 9.97. The smallest absolute Gasteiger partial charge is 0.0793 e. The Kier molecular flexibility index (Phi) is 4.81. The first kappa shape index (κ1) is 12.7. The molecule has 0 aliphatic carbocycles. The Morgan fingerprint density at radius 2 is 1.93 bits per heavy atom. The average molecular weight is 271 g/mol. The van der Waals surface area contributed by atoms with Crippen LogP contribution in [0.1, 0.15) is 43.9 Å². The maximum Gasteiger partial charge on any atom is 0.0793 e. The van der Waals surface area contributed by atoms with Crippen molar-refractivity contribution in [1.82, 2.24) is 0 Å². The van der Waals surface area contributed by atoms with Crippen LogP contribution in [0.25, 0.3) is 0 Å². The van der Waals surface area contributed by atoms with E-state index in [9.17, 15) is 5.11 Å². The first-order chi connectivity index (χ1) is 7.02. The van der Waals surface area contributed by atoms with Crippen molar-refractivity contribution in [2.24, 2.45) is 5.92 Å².